The first-order valence-corrected chi connectivity index (χ1v) is 12.4. The van der Waals surface area contributed by atoms with E-state index in [1.165, 1.54) is 5.56 Å². The number of hydrogen-bond acceptors (Lipinski definition) is 6. The number of para-hydroxylation sites is 1. The van der Waals surface area contributed by atoms with E-state index in [0.29, 0.717) is 18.6 Å². The minimum atomic E-state index is 0.310. The van der Waals surface area contributed by atoms with Crippen LogP contribution >= 0.6 is 15.9 Å². The topological polar surface area (TPSA) is 80.7 Å². The molecule has 176 valence electrons. The smallest absolute Gasteiger partial charge is 0.178 e. The van der Waals surface area contributed by atoms with Gasteiger partial charge in [0.1, 0.15) is 16.2 Å². The summed E-state index contributed by atoms with van der Waals surface area (Å²) < 4.78 is 8.01. The van der Waals surface area contributed by atoms with Crippen molar-refractivity contribution in [2.45, 2.75) is 44.3 Å². The largest absolute Gasteiger partial charge is 0.497 e. The lowest BCUT2D eigenvalue weighted by atomic mass is 9.92. The van der Waals surface area contributed by atoms with Crippen molar-refractivity contribution < 1.29 is 4.74 Å². The van der Waals surface area contributed by atoms with Crippen LogP contribution in [0.4, 0.5) is 17.2 Å². The molecule has 3 N–H and O–H groups in total. The van der Waals surface area contributed by atoms with Crippen LogP contribution in [-0.4, -0.2) is 33.8 Å². The number of nitrogens with two attached hydrogens (primary N) is 1. The van der Waals surface area contributed by atoms with Gasteiger partial charge in [-0.3, -0.25) is 0 Å². The van der Waals surface area contributed by atoms with Crippen molar-refractivity contribution in [3.05, 3.63) is 77.0 Å². The number of benzene rings is 2. The molecule has 1 saturated carbocycles. The number of fused-ring (bicyclic) bond motifs is 1. The molecule has 2 aromatic carbocycles. The number of halogens is 1. The number of nitrogens with one attached hydrogen (secondary N) is 1. The fourth-order valence-electron chi connectivity index (χ4n) is 4.50. The van der Waals surface area contributed by atoms with Crippen molar-refractivity contribution in [3.63, 3.8) is 0 Å². The zero-order valence-electron chi connectivity index (χ0n) is 19.2. The number of rotatable bonds is 7. The number of aromatic nitrogens is 3. The maximum atomic E-state index is 6.11. The van der Waals surface area contributed by atoms with E-state index in [4.69, 9.17) is 15.6 Å². The van der Waals surface area contributed by atoms with E-state index < -0.39 is 0 Å². The van der Waals surface area contributed by atoms with Crippen LogP contribution in [-0.2, 0) is 6.54 Å². The molecule has 7 nitrogen and oxygen atoms in total. The van der Waals surface area contributed by atoms with Crippen LogP contribution < -0.4 is 20.7 Å². The first-order valence-electron chi connectivity index (χ1n) is 11.6. The first-order chi connectivity index (χ1) is 16.6. The third-order valence-electron chi connectivity index (χ3n) is 6.39. The van der Waals surface area contributed by atoms with Gasteiger partial charge in [-0.25, -0.2) is 9.50 Å². The molecule has 2 aromatic heterocycles. The Labute approximate surface area is 208 Å². The summed E-state index contributed by atoms with van der Waals surface area (Å²) in [4.78, 5) is 6.96. The van der Waals surface area contributed by atoms with Crippen LogP contribution in [0.25, 0.3) is 5.65 Å². The van der Waals surface area contributed by atoms with E-state index in [1.807, 2.05) is 22.7 Å². The minimum Gasteiger partial charge on any atom is -0.497 e. The van der Waals surface area contributed by atoms with Crippen LogP contribution in [0.5, 0.6) is 5.75 Å². The molecule has 0 unspecified atom stereocenters. The summed E-state index contributed by atoms with van der Waals surface area (Å²) in [5, 5.41) is 8.49. The lowest BCUT2D eigenvalue weighted by molar-refractivity contribution is 0.410. The molecule has 0 atom stereocenters. The molecule has 8 heteroatoms. The molecular formula is C26H29BrN6O. The van der Waals surface area contributed by atoms with Crippen LogP contribution in [0.1, 0.15) is 31.2 Å². The number of ether oxygens (including phenoxy) is 1. The Morgan fingerprint density at radius 3 is 2.53 bits per heavy atom. The summed E-state index contributed by atoms with van der Waals surface area (Å²) in [6.07, 6.45) is 5.97. The average molecular weight is 521 g/mol. The van der Waals surface area contributed by atoms with Gasteiger partial charge >= 0.3 is 0 Å². The number of methoxy groups -OCH3 is 1. The normalized spacial score (nSPS) is 18.1. The first kappa shape index (κ1) is 22.7. The highest BCUT2D eigenvalue weighted by atomic mass is 79.9. The molecule has 5 rings (SSSR count). The Morgan fingerprint density at radius 2 is 1.82 bits per heavy atom. The van der Waals surface area contributed by atoms with E-state index in [1.54, 1.807) is 13.3 Å². The van der Waals surface area contributed by atoms with Crippen LogP contribution in [0.3, 0.4) is 0 Å². The van der Waals surface area contributed by atoms with Crippen LogP contribution in [0.15, 0.2) is 71.5 Å². The van der Waals surface area contributed by atoms with E-state index >= 15 is 0 Å². The monoisotopic (exact) mass is 520 g/mol. The standard InChI is InChI=1S/C26H29BrN6O/c1-34-22-13-7-18(8-14-22)17-32(21-5-3-2-4-6-21)23-15-25(30-20-11-9-19(28)10-12-20)31-33-24(27)16-29-26(23)33/h2-8,13-16,19-20H,9-12,17,28H2,1H3,(H,30,31). The molecule has 2 heterocycles. The predicted octanol–water partition coefficient (Wildman–Crippen LogP) is 5.52. The van der Waals surface area contributed by atoms with Crippen LogP contribution in [0, 0.1) is 0 Å². The summed E-state index contributed by atoms with van der Waals surface area (Å²) in [6, 6.07) is 21.4. The Bertz CT molecular complexity index is 1240. The van der Waals surface area contributed by atoms with Crippen molar-refractivity contribution in [2.75, 3.05) is 17.3 Å². The van der Waals surface area contributed by atoms with Gasteiger partial charge in [0.15, 0.2) is 5.65 Å². The second kappa shape index (κ2) is 10.0. The fraction of sp³-hybridized carbons (Fsp3) is 0.308. The zero-order chi connectivity index (χ0) is 23.5. The number of hydrogen-bond donors (Lipinski definition) is 2. The van der Waals surface area contributed by atoms with Crippen molar-refractivity contribution in [2.24, 2.45) is 5.73 Å². The molecule has 1 aliphatic rings. The average Bonchev–Trinajstić information content (AvgIpc) is 3.25. The molecule has 4 aromatic rings. The van der Waals surface area contributed by atoms with Gasteiger partial charge in [-0.15, -0.1) is 5.10 Å². The molecule has 0 bridgehead atoms. The molecule has 0 radical (unpaired) electrons. The van der Waals surface area contributed by atoms with Gasteiger partial charge < -0.3 is 20.7 Å². The molecule has 0 aliphatic heterocycles. The molecule has 1 aliphatic carbocycles. The van der Waals surface area contributed by atoms with Crippen molar-refractivity contribution in [1.29, 1.82) is 0 Å². The second-order valence-corrected chi connectivity index (χ2v) is 9.57. The van der Waals surface area contributed by atoms with Gasteiger partial charge in [-0.05, 0) is 71.4 Å². The third kappa shape index (κ3) is 4.88. The van der Waals surface area contributed by atoms with E-state index in [0.717, 1.165) is 58.9 Å². The lowest BCUT2D eigenvalue weighted by Gasteiger charge is -2.29. The van der Waals surface area contributed by atoms with Gasteiger partial charge in [0.2, 0.25) is 0 Å². The summed E-state index contributed by atoms with van der Waals surface area (Å²) in [5.74, 6) is 1.68. The Hall–Kier alpha value is -3.10. The van der Waals surface area contributed by atoms with E-state index in [9.17, 15) is 0 Å². The van der Waals surface area contributed by atoms with Crippen molar-refractivity contribution >= 4 is 38.8 Å². The summed E-state index contributed by atoms with van der Waals surface area (Å²) in [7, 11) is 1.68. The van der Waals surface area contributed by atoms with Crippen LogP contribution in [0.2, 0.25) is 0 Å². The highest BCUT2D eigenvalue weighted by molar-refractivity contribution is 9.10. The molecule has 1 fully saturated rings. The highest BCUT2D eigenvalue weighted by Gasteiger charge is 2.22. The maximum Gasteiger partial charge on any atom is 0.178 e. The Kier molecular flexibility index (Phi) is 6.69. The van der Waals surface area contributed by atoms with Gasteiger partial charge in [0.05, 0.1) is 19.0 Å². The van der Waals surface area contributed by atoms with Gasteiger partial charge in [0.25, 0.3) is 0 Å². The minimum absolute atomic E-state index is 0.310. The summed E-state index contributed by atoms with van der Waals surface area (Å²) >= 11 is 3.62. The molecule has 0 amide bonds. The molecule has 0 spiro atoms. The maximum absolute atomic E-state index is 6.11. The van der Waals surface area contributed by atoms with Gasteiger partial charge in [0, 0.05) is 30.4 Å². The highest BCUT2D eigenvalue weighted by Crippen LogP contribution is 2.34. The fourth-order valence-corrected chi connectivity index (χ4v) is 4.85. The number of anilines is 3. The van der Waals surface area contributed by atoms with E-state index in [-0.39, 0.29) is 0 Å². The number of nitrogens with zero attached hydrogens (tertiary/aromatic N) is 4. The van der Waals surface area contributed by atoms with Crippen molar-refractivity contribution in [3.8, 4) is 5.75 Å². The molecule has 0 saturated heterocycles. The molecule has 34 heavy (non-hydrogen) atoms. The summed E-state index contributed by atoms with van der Waals surface area (Å²) in [6.45, 7) is 0.676. The zero-order valence-corrected chi connectivity index (χ0v) is 20.8. The Morgan fingerprint density at radius 1 is 1.09 bits per heavy atom. The van der Waals surface area contributed by atoms with Gasteiger partial charge in [-0.2, -0.15) is 0 Å². The van der Waals surface area contributed by atoms with E-state index in [2.05, 4.69) is 73.6 Å². The predicted molar refractivity (Wildman–Crippen MR) is 140 cm³/mol. The third-order valence-corrected chi connectivity index (χ3v) is 6.93. The second-order valence-electron chi connectivity index (χ2n) is 8.76. The molecular weight excluding hydrogens is 492 g/mol. The number of imidazole rings is 1. The Balaban J connectivity index is 1.55. The van der Waals surface area contributed by atoms with Crippen molar-refractivity contribution in [1.82, 2.24) is 14.6 Å². The quantitative estimate of drug-likeness (QED) is 0.333. The SMILES string of the molecule is COc1ccc(CN(c2ccccc2)c2cc(NC3CCC(N)CC3)nn3c(Br)cnc23)cc1. The summed E-state index contributed by atoms with van der Waals surface area (Å²) in [5.41, 5.74) is 10.1. The van der Waals surface area contributed by atoms with Gasteiger partial charge in [-0.1, -0.05) is 30.3 Å². The lowest BCUT2D eigenvalue weighted by Crippen LogP contribution is -2.33.